The van der Waals surface area contributed by atoms with E-state index in [1.165, 1.54) is 55.6 Å². The largest absolute Gasteiger partial charge is 0.456 e. The van der Waals surface area contributed by atoms with Crippen LogP contribution in [-0.4, -0.2) is 0 Å². The van der Waals surface area contributed by atoms with Gasteiger partial charge in [-0.05, 0) is 104 Å². The van der Waals surface area contributed by atoms with E-state index in [1.54, 1.807) is 0 Å². The van der Waals surface area contributed by atoms with Crippen molar-refractivity contribution >= 4 is 39.0 Å². The number of fused-ring (bicyclic) bond motifs is 12. The molecule has 0 radical (unpaired) electrons. The van der Waals surface area contributed by atoms with Gasteiger partial charge in [0.15, 0.2) is 0 Å². The summed E-state index contributed by atoms with van der Waals surface area (Å²) in [6.07, 6.45) is 0. The number of nitrogens with zero attached hydrogens (tertiary/aromatic N) is 1. The number of benzene rings is 8. The second-order valence-corrected chi connectivity index (χ2v) is 15.2. The second kappa shape index (κ2) is 11.4. The molecule has 0 amide bonds. The van der Waals surface area contributed by atoms with Crippen molar-refractivity contribution in [1.82, 2.24) is 0 Å². The molecule has 0 saturated heterocycles. The van der Waals surface area contributed by atoms with E-state index in [2.05, 4.69) is 195 Å². The molecule has 1 spiro atoms. The molecule has 0 unspecified atom stereocenters. The van der Waals surface area contributed by atoms with Crippen molar-refractivity contribution in [3.8, 4) is 22.3 Å². The maximum Gasteiger partial charge on any atom is 0.135 e. The molecule has 2 aliphatic rings. The number of furan rings is 1. The molecular weight excluding hydrogens is 655 g/mol. The van der Waals surface area contributed by atoms with E-state index in [9.17, 15) is 0 Å². The topological polar surface area (TPSA) is 16.4 Å². The molecule has 2 nitrogen and oxygen atoms in total. The van der Waals surface area contributed by atoms with Gasteiger partial charge < -0.3 is 9.32 Å². The van der Waals surface area contributed by atoms with E-state index < -0.39 is 5.41 Å². The van der Waals surface area contributed by atoms with Gasteiger partial charge in [-0.1, -0.05) is 153 Å². The van der Waals surface area contributed by atoms with Gasteiger partial charge in [-0.15, -0.1) is 0 Å². The summed E-state index contributed by atoms with van der Waals surface area (Å²) in [5.74, 6) is 0. The summed E-state index contributed by atoms with van der Waals surface area (Å²) in [5.41, 5.74) is 17.9. The highest BCUT2D eigenvalue weighted by Gasteiger charge is 2.53. The molecule has 1 aromatic heterocycles. The van der Waals surface area contributed by atoms with Crippen LogP contribution in [0.5, 0.6) is 0 Å². The lowest BCUT2D eigenvalue weighted by Crippen LogP contribution is -2.40. The van der Waals surface area contributed by atoms with Crippen molar-refractivity contribution in [3.05, 3.63) is 221 Å². The van der Waals surface area contributed by atoms with Crippen LogP contribution < -0.4 is 4.90 Å². The zero-order valence-corrected chi connectivity index (χ0v) is 30.3. The third-order valence-electron chi connectivity index (χ3n) is 12.1. The Kier molecular flexibility index (Phi) is 6.55. The number of hydrogen-bond donors (Lipinski definition) is 0. The molecular formula is C52H37NO. The van der Waals surface area contributed by atoms with E-state index >= 15 is 0 Å². The van der Waals surface area contributed by atoms with E-state index in [0.717, 1.165) is 39.0 Å². The van der Waals surface area contributed by atoms with Crippen LogP contribution in [0.2, 0.25) is 0 Å². The zero-order valence-electron chi connectivity index (χ0n) is 30.3. The smallest absolute Gasteiger partial charge is 0.135 e. The fourth-order valence-electron chi connectivity index (χ4n) is 9.82. The standard InChI is InChI=1S/C52H37NO/c1-51(2)43-21-9-11-23-45(43)52(46-24-12-10-22-44(46)51)42-20-8-6-18-40(42)50-38(19-14-25-47(50)52)34-27-29-36(30-28-34)53(35-15-4-3-5-16-35)37-31-32-49-41(33-37)39-17-7-13-26-48(39)54-49/h3-33H,1-2H3. The van der Waals surface area contributed by atoms with Crippen molar-refractivity contribution < 1.29 is 4.42 Å². The first kappa shape index (κ1) is 30.9. The fraction of sp³-hybridized carbons (Fsp3) is 0.0769. The Labute approximate surface area is 315 Å². The Morgan fingerprint density at radius 3 is 1.67 bits per heavy atom. The van der Waals surface area contributed by atoms with Crippen LogP contribution in [0.3, 0.4) is 0 Å². The zero-order chi connectivity index (χ0) is 36.0. The van der Waals surface area contributed by atoms with Crippen molar-refractivity contribution in [3.63, 3.8) is 0 Å². The summed E-state index contributed by atoms with van der Waals surface area (Å²) < 4.78 is 6.20. The molecule has 8 aromatic carbocycles. The minimum atomic E-state index is -0.412. The van der Waals surface area contributed by atoms with E-state index in [0.29, 0.717) is 0 Å². The number of anilines is 3. The fourth-order valence-corrected chi connectivity index (χ4v) is 9.82. The summed E-state index contributed by atoms with van der Waals surface area (Å²) in [6, 6.07) is 68.9. The van der Waals surface area contributed by atoms with Gasteiger partial charge in [-0.25, -0.2) is 0 Å². The molecule has 0 atom stereocenters. The predicted molar refractivity (Wildman–Crippen MR) is 223 cm³/mol. The number of rotatable bonds is 4. The maximum absolute atomic E-state index is 6.20. The Hall–Kier alpha value is -6.64. The van der Waals surface area contributed by atoms with E-state index in [1.807, 2.05) is 12.1 Å². The van der Waals surface area contributed by atoms with Gasteiger partial charge in [0.25, 0.3) is 0 Å². The molecule has 1 heterocycles. The monoisotopic (exact) mass is 691 g/mol. The van der Waals surface area contributed by atoms with Crippen LogP contribution in [0.15, 0.2) is 192 Å². The molecule has 2 aliphatic carbocycles. The van der Waals surface area contributed by atoms with Crippen LogP contribution >= 0.6 is 0 Å². The lowest BCUT2D eigenvalue weighted by Gasteiger charge is -2.46. The van der Waals surface area contributed by atoms with Gasteiger partial charge >= 0.3 is 0 Å². The van der Waals surface area contributed by atoms with Crippen molar-refractivity contribution in [2.45, 2.75) is 24.7 Å². The van der Waals surface area contributed by atoms with E-state index in [4.69, 9.17) is 4.42 Å². The third-order valence-corrected chi connectivity index (χ3v) is 12.1. The molecule has 11 rings (SSSR count). The van der Waals surface area contributed by atoms with Gasteiger partial charge in [-0.3, -0.25) is 0 Å². The first-order valence-electron chi connectivity index (χ1n) is 18.9. The minimum absolute atomic E-state index is 0.122. The third kappa shape index (κ3) is 4.17. The highest BCUT2D eigenvalue weighted by molar-refractivity contribution is 6.06. The quantitative estimate of drug-likeness (QED) is 0.183. The SMILES string of the molecule is CC1(C)c2ccccc2C2(c3ccccc3-c3c(-c4ccc(N(c5ccccc5)c5ccc6oc7ccccc7c6c5)cc4)cccc32)c2ccccc21. The van der Waals surface area contributed by atoms with Crippen LogP contribution in [-0.2, 0) is 10.8 Å². The highest BCUT2D eigenvalue weighted by atomic mass is 16.3. The first-order chi connectivity index (χ1) is 26.5. The molecule has 0 aliphatic heterocycles. The van der Waals surface area contributed by atoms with Crippen molar-refractivity contribution in [1.29, 1.82) is 0 Å². The van der Waals surface area contributed by atoms with Gasteiger partial charge in [-0.2, -0.15) is 0 Å². The summed E-state index contributed by atoms with van der Waals surface area (Å²) in [7, 11) is 0. The second-order valence-electron chi connectivity index (χ2n) is 15.2. The van der Waals surface area contributed by atoms with Gasteiger partial charge in [0.2, 0.25) is 0 Å². The molecule has 0 saturated carbocycles. The molecule has 2 heteroatoms. The Morgan fingerprint density at radius 1 is 0.389 bits per heavy atom. The predicted octanol–water partition coefficient (Wildman–Crippen LogP) is 13.7. The normalized spacial score (nSPS) is 14.4. The van der Waals surface area contributed by atoms with Gasteiger partial charge in [0.05, 0.1) is 5.41 Å². The van der Waals surface area contributed by atoms with Crippen LogP contribution in [0.4, 0.5) is 17.1 Å². The molecule has 0 bridgehead atoms. The Balaban J connectivity index is 1.09. The average molecular weight is 692 g/mol. The minimum Gasteiger partial charge on any atom is -0.456 e. The number of hydrogen-bond acceptors (Lipinski definition) is 2. The molecule has 54 heavy (non-hydrogen) atoms. The lowest BCUT2D eigenvalue weighted by molar-refractivity contribution is 0.563. The van der Waals surface area contributed by atoms with E-state index in [-0.39, 0.29) is 5.41 Å². The summed E-state index contributed by atoms with van der Waals surface area (Å²) in [5, 5.41) is 2.24. The van der Waals surface area contributed by atoms with Gasteiger partial charge in [0, 0.05) is 33.2 Å². The first-order valence-corrected chi connectivity index (χ1v) is 18.9. The Bertz CT molecular complexity index is 2860. The molecule has 0 N–H and O–H groups in total. The van der Waals surface area contributed by atoms with Crippen molar-refractivity contribution in [2.24, 2.45) is 0 Å². The lowest BCUT2D eigenvalue weighted by atomic mass is 9.55. The molecule has 9 aromatic rings. The van der Waals surface area contributed by atoms with Crippen molar-refractivity contribution in [2.75, 3.05) is 4.90 Å². The summed E-state index contributed by atoms with van der Waals surface area (Å²) >= 11 is 0. The highest BCUT2D eigenvalue weighted by Crippen LogP contribution is 2.63. The number of para-hydroxylation sites is 2. The van der Waals surface area contributed by atoms with Crippen LogP contribution in [0, 0.1) is 0 Å². The average Bonchev–Trinajstić information content (AvgIpc) is 3.75. The summed E-state index contributed by atoms with van der Waals surface area (Å²) in [4.78, 5) is 2.34. The van der Waals surface area contributed by atoms with Gasteiger partial charge in [0.1, 0.15) is 11.2 Å². The summed E-state index contributed by atoms with van der Waals surface area (Å²) in [6.45, 7) is 4.76. The van der Waals surface area contributed by atoms with Crippen LogP contribution in [0.1, 0.15) is 47.2 Å². The maximum atomic E-state index is 6.20. The Morgan fingerprint density at radius 2 is 0.926 bits per heavy atom. The molecule has 0 fully saturated rings. The molecule has 256 valence electrons. The van der Waals surface area contributed by atoms with Crippen LogP contribution in [0.25, 0.3) is 44.2 Å².